The van der Waals surface area contributed by atoms with Gasteiger partial charge in [-0.3, -0.25) is 24.0 Å². The molecule has 2 aromatic heterocycles. The molecule has 2 aliphatic heterocycles. The number of esters is 1. The molecule has 86 heavy (non-hydrogen) atoms. The topological polar surface area (TPSA) is 324 Å². The summed E-state index contributed by atoms with van der Waals surface area (Å²) < 4.78 is 36.1. The average molecular weight is 1190 g/mol. The molecule has 25 heteroatoms. The fraction of sp³-hybridized carbons (Fsp3) is 0.459. The molecule has 7 rings (SSSR count). The van der Waals surface area contributed by atoms with E-state index < -0.39 is 66.7 Å². The lowest BCUT2D eigenvalue weighted by atomic mass is 9.86. The van der Waals surface area contributed by atoms with Crippen molar-refractivity contribution in [1.82, 2.24) is 35.3 Å². The summed E-state index contributed by atoms with van der Waals surface area (Å²) in [6.45, 7) is 4.87. The lowest BCUT2D eigenvalue weighted by Crippen LogP contribution is -2.45. The maximum atomic E-state index is 14.1. The number of Topliss-reactive ketones (excluding diaryl/α,β-unsaturated/α-hetero) is 1. The Morgan fingerprint density at radius 3 is 2.40 bits per heavy atom. The molecule has 458 valence electrons. The number of amides is 5. The van der Waals surface area contributed by atoms with Crippen LogP contribution < -0.4 is 31.6 Å². The third kappa shape index (κ3) is 17.0. The van der Waals surface area contributed by atoms with Crippen LogP contribution in [0.25, 0.3) is 32.7 Å². The number of azide groups is 1. The zero-order valence-corrected chi connectivity index (χ0v) is 48.9. The van der Waals surface area contributed by atoms with E-state index in [1.807, 2.05) is 37.3 Å². The van der Waals surface area contributed by atoms with Crippen molar-refractivity contribution in [3.8, 4) is 17.1 Å². The molecule has 0 saturated carbocycles. The number of pyridine rings is 2. The van der Waals surface area contributed by atoms with Crippen LogP contribution in [0.2, 0.25) is 0 Å². The van der Waals surface area contributed by atoms with Crippen LogP contribution in [0, 0.1) is 5.92 Å². The molecular formula is C61H75N11O14. The van der Waals surface area contributed by atoms with Crippen LogP contribution in [-0.4, -0.2) is 152 Å². The fourth-order valence-electron chi connectivity index (χ4n) is 10.1. The van der Waals surface area contributed by atoms with E-state index >= 15 is 0 Å². The van der Waals surface area contributed by atoms with Gasteiger partial charge in [-0.05, 0) is 104 Å². The van der Waals surface area contributed by atoms with Crippen LogP contribution in [0.1, 0.15) is 87.6 Å². The van der Waals surface area contributed by atoms with E-state index in [-0.39, 0.29) is 114 Å². The second-order valence-electron chi connectivity index (χ2n) is 20.8. The van der Waals surface area contributed by atoms with Gasteiger partial charge in [-0.2, -0.15) is 0 Å². The van der Waals surface area contributed by atoms with E-state index in [1.54, 1.807) is 60.0 Å². The van der Waals surface area contributed by atoms with Gasteiger partial charge < -0.3 is 64.4 Å². The number of carbonyl (C=O) groups is 7. The van der Waals surface area contributed by atoms with Crippen molar-refractivity contribution >= 4 is 58.3 Å². The summed E-state index contributed by atoms with van der Waals surface area (Å²) in [6.07, 6.45) is 0.853. The number of carbonyl (C=O) groups excluding carboxylic acids is 7. The predicted octanol–water partition coefficient (Wildman–Crippen LogP) is 5.82. The number of nitrogens with zero attached hydrogens (tertiary/aromatic N) is 7. The Morgan fingerprint density at radius 1 is 0.907 bits per heavy atom. The zero-order valence-electron chi connectivity index (χ0n) is 49.9. The van der Waals surface area contributed by atoms with Crippen molar-refractivity contribution in [3.05, 3.63) is 133 Å². The van der Waals surface area contributed by atoms with Gasteiger partial charge in [0.25, 0.3) is 5.56 Å². The van der Waals surface area contributed by atoms with Crippen molar-refractivity contribution in [2.24, 2.45) is 11.0 Å². The second kappa shape index (κ2) is 31.4. The van der Waals surface area contributed by atoms with E-state index in [0.717, 1.165) is 22.1 Å². The number of ketones is 1. The molecule has 5 amide bonds. The number of benzene rings is 3. The maximum Gasteiger partial charge on any atom is 0.415 e. The van der Waals surface area contributed by atoms with Crippen molar-refractivity contribution in [2.45, 2.75) is 97.1 Å². The Morgan fingerprint density at radius 2 is 1.66 bits per heavy atom. The highest BCUT2D eigenvalue weighted by Gasteiger charge is 2.45. The lowest BCUT2D eigenvalue weighted by molar-refractivity contribution is -0.172. The second-order valence-corrected chi connectivity index (χ2v) is 20.8. The number of rotatable bonds is 32. The van der Waals surface area contributed by atoms with Gasteiger partial charge >= 0.3 is 18.2 Å². The molecule has 0 fully saturated rings. The number of anilines is 1. The number of fused-ring (bicyclic) bond motifs is 5. The van der Waals surface area contributed by atoms with E-state index in [1.165, 1.54) is 23.9 Å². The lowest BCUT2D eigenvalue weighted by Gasteiger charge is -2.31. The molecule has 3 atom stereocenters. The van der Waals surface area contributed by atoms with Crippen LogP contribution in [-0.2, 0) is 81.1 Å². The van der Waals surface area contributed by atoms with Crippen LogP contribution in [0.5, 0.6) is 5.75 Å². The van der Waals surface area contributed by atoms with Crippen molar-refractivity contribution in [1.29, 1.82) is 0 Å². The molecule has 0 spiro atoms. The van der Waals surface area contributed by atoms with Gasteiger partial charge in [-0.1, -0.05) is 74.7 Å². The molecule has 5 aromatic rings. The summed E-state index contributed by atoms with van der Waals surface area (Å²) >= 11 is 0. The van der Waals surface area contributed by atoms with Gasteiger partial charge in [-0.25, -0.2) is 19.4 Å². The van der Waals surface area contributed by atoms with Crippen LogP contribution >= 0.6 is 0 Å². The van der Waals surface area contributed by atoms with E-state index in [4.69, 9.17) is 35.6 Å². The molecule has 0 aliphatic carbocycles. The molecule has 0 saturated heterocycles. The minimum Gasteiger partial charge on any atom is -0.458 e. The number of nitrogens with one attached hydrogen (secondary N) is 4. The summed E-state index contributed by atoms with van der Waals surface area (Å²) in [5, 5.41) is 26.8. The van der Waals surface area contributed by atoms with Crippen LogP contribution in [0.15, 0.2) is 88.8 Å². The van der Waals surface area contributed by atoms with Gasteiger partial charge in [0.05, 0.1) is 48.3 Å². The number of aryl methyl sites for hydroxylation is 1. The molecule has 2 unspecified atom stereocenters. The Bertz CT molecular complexity index is 3380. The van der Waals surface area contributed by atoms with Crippen LogP contribution in [0.3, 0.4) is 0 Å². The standard InChI is InChI=1S/C61H75N11O14/c1-6-44-45-32-43(21-22-49(45)68-55-46(44)34-72-51(55)33-48-47(57(72)77)36-84-58(78)61(48,81)7-2)86-60(80)71(5)27-26-70(4)59(79)85-35-40-17-19-42(20-18-40)66-56(76)41(16-12-13-23-63-8-3)31-52(73)50(30-39-14-10-9-11-15-39)67-54(75)38-83-37-53(74)64-24-28-82-29-25-65-69-62/h9-11,14-15,17-22,32-33,41,50,63,81H,6-8,12-13,16,23-31,34-38H2,1-5H3,(H,64,74)(H,66,76)(H,67,75)/t41?,50?,61-/m0/s1/i3T. The Hall–Kier alpha value is -8.74. The minimum absolute atomic E-state index is 0.0253. The highest BCUT2D eigenvalue weighted by Crippen LogP contribution is 2.41. The van der Waals surface area contributed by atoms with Crippen molar-refractivity contribution < 1.29 is 63.7 Å². The monoisotopic (exact) mass is 1190 g/mol. The first-order valence-electron chi connectivity index (χ1n) is 29.3. The number of likely N-dealkylation sites (N-methyl/N-ethyl adjacent to an activating group) is 2. The quantitative estimate of drug-likeness (QED) is 0.0109. The summed E-state index contributed by atoms with van der Waals surface area (Å²) in [4.78, 5) is 117. The number of ether oxygens (including phenoxy) is 5. The highest BCUT2D eigenvalue weighted by atomic mass is 16.6. The molecule has 5 N–H and O–H groups in total. The fourth-order valence-corrected chi connectivity index (χ4v) is 10.1. The third-order valence-electron chi connectivity index (χ3n) is 14.9. The van der Waals surface area contributed by atoms with E-state index in [2.05, 4.69) is 31.3 Å². The molecule has 25 nitrogen and oxygen atoms in total. The molecule has 2 aliphatic rings. The number of hydrogen-bond donors (Lipinski definition) is 5. The highest BCUT2D eigenvalue weighted by molar-refractivity contribution is 5.98. The smallest absolute Gasteiger partial charge is 0.415 e. The Kier molecular flexibility index (Phi) is 23.1. The number of unbranched alkanes of at least 4 members (excludes halogenated alkanes) is 1. The Balaban J connectivity index is 0.892. The molecule has 3 aromatic carbocycles. The van der Waals surface area contributed by atoms with Gasteiger partial charge in [0.2, 0.25) is 17.7 Å². The van der Waals surface area contributed by atoms with Crippen molar-refractivity contribution in [3.63, 3.8) is 0 Å². The maximum absolute atomic E-state index is 14.1. The minimum atomic E-state index is -1.95. The summed E-state index contributed by atoms with van der Waals surface area (Å²) in [5.74, 6) is -3.22. The number of cyclic esters (lactones) is 1. The average Bonchev–Trinajstić information content (AvgIpc) is 1.93. The summed E-state index contributed by atoms with van der Waals surface area (Å²) in [7, 11) is 3.07. The summed E-state index contributed by atoms with van der Waals surface area (Å²) in [5.41, 5.74) is 11.7. The zero-order chi connectivity index (χ0) is 62.5. The third-order valence-corrected chi connectivity index (χ3v) is 14.9. The first-order chi connectivity index (χ1) is 42.0. The van der Waals surface area contributed by atoms with Gasteiger partial charge in [0, 0.05) is 81.1 Å². The number of aromatic nitrogens is 2. The first kappa shape index (κ1) is 63.3. The Labute approximate surface area is 499 Å². The van der Waals surface area contributed by atoms with E-state index in [0.29, 0.717) is 66.9 Å². The van der Waals surface area contributed by atoms with Gasteiger partial charge in [0.1, 0.15) is 32.2 Å². The molecule has 0 bridgehead atoms. The van der Waals surface area contributed by atoms with Gasteiger partial charge in [0.15, 0.2) is 11.4 Å². The molecule has 4 heterocycles. The van der Waals surface area contributed by atoms with Gasteiger partial charge in [-0.15, -0.1) is 0 Å². The van der Waals surface area contributed by atoms with Crippen LogP contribution in [0.4, 0.5) is 15.3 Å². The molecule has 0 radical (unpaired) electrons. The van der Waals surface area contributed by atoms with E-state index in [9.17, 15) is 43.5 Å². The van der Waals surface area contributed by atoms with Crippen molar-refractivity contribution in [2.75, 3.05) is 85.1 Å². The first-order valence-corrected chi connectivity index (χ1v) is 28.6. The number of hydrogen-bond acceptors (Lipinski definition) is 17. The SMILES string of the molecule is [3H]CCNCCCCC(CC(=O)C(Cc1ccccc1)NC(=O)COCC(=O)NCCOCCN=[N+]=[N-])C(=O)Nc1ccc(COC(=O)N(C)CCN(C)C(=O)Oc2ccc3nc4c(c(CC)c3c2)Cn2c-4cc3c(c2=O)COC(=O)[C@]3(O)CC)cc1. The normalized spacial score (nSPS) is 14.7. The molecular weight excluding hydrogens is 1110 g/mol. The number of aliphatic hydroxyl groups is 1. The predicted molar refractivity (Wildman–Crippen MR) is 317 cm³/mol. The largest absolute Gasteiger partial charge is 0.458 e. The summed E-state index contributed by atoms with van der Waals surface area (Å²) in [6, 6.07) is 21.5.